The van der Waals surface area contributed by atoms with E-state index >= 15 is 0 Å². The number of rotatable bonds is 5. The van der Waals surface area contributed by atoms with Gasteiger partial charge in [0.2, 0.25) is 0 Å². The molecule has 9 heteroatoms. The molecule has 0 radical (unpaired) electrons. The number of nitrogens with zero attached hydrogens (tertiary/aromatic N) is 3. The lowest BCUT2D eigenvalue weighted by molar-refractivity contribution is 0.0746. The molecule has 4 rings (SSSR count). The Morgan fingerprint density at radius 1 is 1.06 bits per heavy atom. The quantitative estimate of drug-likeness (QED) is 0.581. The Bertz CT molecular complexity index is 1200. The third-order valence-corrected chi connectivity index (χ3v) is 7.28. The summed E-state index contributed by atoms with van der Waals surface area (Å²) in [5.74, 6) is 0.768. The lowest BCUT2D eigenvalue weighted by Crippen LogP contribution is -2.48. The van der Waals surface area contributed by atoms with Gasteiger partial charge in [0.25, 0.3) is 5.91 Å². The molecule has 0 N–H and O–H groups in total. The molecule has 0 saturated carbocycles. The Kier molecular flexibility index (Phi) is 5.90. The summed E-state index contributed by atoms with van der Waals surface area (Å²) in [7, 11) is -3.25. The van der Waals surface area contributed by atoms with Crippen molar-refractivity contribution in [1.82, 2.24) is 9.88 Å². The number of benzene rings is 2. The van der Waals surface area contributed by atoms with E-state index in [2.05, 4.69) is 9.88 Å². The average molecular weight is 460 g/mol. The van der Waals surface area contributed by atoms with Crippen molar-refractivity contribution in [3.8, 4) is 5.75 Å². The van der Waals surface area contributed by atoms with Crippen LogP contribution in [0.5, 0.6) is 5.75 Å². The fourth-order valence-corrected chi connectivity index (χ4v) is 5.27. The van der Waals surface area contributed by atoms with E-state index in [4.69, 9.17) is 4.74 Å². The fourth-order valence-electron chi connectivity index (χ4n) is 3.49. The first kappa shape index (κ1) is 21.6. The number of sulfone groups is 1. The van der Waals surface area contributed by atoms with Gasteiger partial charge in [0.1, 0.15) is 5.75 Å². The van der Waals surface area contributed by atoms with Crippen LogP contribution in [-0.2, 0) is 9.84 Å². The van der Waals surface area contributed by atoms with E-state index in [-0.39, 0.29) is 12.0 Å². The van der Waals surface area contributed by atoms with E-state index in [1.165, 1.54) is 17.6 Å². The molecule has 1 aromatic heterocycles. The molecule has 0 aliphatic carbocycles. The first-order valence-electron chi connectivity index (χ1n) is 10.1. The molecule has 2 heterocycles. The van der Waals surface area contributed by atoms with E-state index in [0.717, 1.165) is 21.1 Å². The van der Waals surface area contributed by atoms with Gasteiger partial charge in [-0.2, -0.15) is 0 Å². The predicted molar refractivity (Wildman–Crippen MR) is 123 cm³/mol. The van der Waals surface area contributed by atoms with Crippen LogP contribution in [0.4, 0.5) is 5.13 Å². The zero-order valence-corrected chi connectivity index (χ0v) is 19.4. The molecule has 0 spiro atoms. The number of anilines is 1. The molecule has 2 aromatic carbocycles. The van der Waals surface area contributed by atoms with Gasteiger partial charge in [-0.3, -0.25) is 4.79 Å². The molecular weight excluding hydrogens is 434 g/mol. The second-order valence-corrected chi connectivity index (χ2v) is 10.9. The molecule has 1 amide bonds. The smallest absolute Gasteiger partial charge is 0.253 e. The summed E-state index contributed by atoms with van der Waals surface area (Å²) < 4.78 is 30.1. The van der Waals surface area contributed by atoms with Gasteiger partial charge in [0, 0.05) is 38.0 Å². The van der Waals surface area contributed by atoms with E-state index < -0.39 is 9.84 Å². The summed E-state index contributed by atoms with van der Waals surface area (Å²) in [5, 5.41) is 0.850. The van der Waals surface area contributed by atoms with Crippen LogP contribution in [0.3, 0.4) is 0 Å². The first-order valence-corrected chi connectivity index (χ1v) is 12.8. The van der Waals surface area contributed by atoms with Crippen molar-refractivity contribution in [1.29, 1.82) is 0 Å². The number of aromatic nitrogens is 1. The van der Waals surface area contributed by atoms with Gasteiger partial charge in [-0.25, -0.2) is 13.4 Å². The van der Waals surface area contributed by atoms with Gasteiger partial charge < -0.3 is 14.5 Å². The molecule has 1 fully saturated rings. The van der Waals surface area contributed by atoms with Crippen LogP contribution >= 0.6 is 11.3 Å². The lowest BCUT2D eigenvalue weighted by atomic mass is 10.1. The lowest BCUT2D eigenvalue weighted by Gasteiger charge is -2.34. The number of hydrogen-bond donors (Lipinski definition) is 0. The third-order valence-electron chi connectivity index (χ3n) is 5.09. The van der Waals surface area contributed by atoms with Crippen molar-refractivity contribution in [3.05, 3.63) is 48.0 Å². The van der Waals surface area contributed by atoms with E-state index in [1.54, 1.807) is 30.3 Å². The Hall–Kier alpha value is -2.65. The maximum atomic E-state index is 12.8. The van der Waals surface area contributed by atoms with Crippen LogP contribution in [0.1, 0.15) is 24.2 Å². The molecule has 0 unspecified atom stereocenters. The molecule has 1 aliphatic heterocycles. The highest BCUT2D eigenvalue weighted by atomic mass is 32.2. The first-order chi connectivity index (χ1) is 14.7. The van der Waals surface area contributed by atoms with Gasteiger partial charge in [-0.15, -0.1) is 0 Å². The van der Waals surface area contributed by atoms with Crippen molar-refractivity contribution >= 4 is 42.4 Å². The van der Waals surface area contributed by atoms with Crippen LogP contribution in [0.2, 0.25) is 0 Å². The highest BCUT2D eigenvalue weighted by Gasteiger charge is 2.24. The number of carbonyl (C=O) groups is 1. The number of piperazine rings is 1. The predicted octanol–water partition coefficient (Wildman–Crippen LogP) is 3.45. The molecule has 3 aromatic rings. The minimum absolute atomic E-state index is 0.0119. The summed E-state index contributed by atoms with van der Waals surface area (Å²) in [4.78, 5) is 21.8. The summed E-state index contributed by atoms with van der Waals surface area (Å²) in [6.45, 7) is 6.50. The highest BCUT2D eigenvalue weighted by Crippen LogP contribution is 2.31. The Balaban J connectivity index is 1.42. The monoisotopic (exact) mass is 459 g/mol. The van der Waals surface area contributed by atoms with Gasteiger partial charge in [0.15, 0.2) is 15.0 Å². The van der Waals surface area contributed by atoms with Gasteiger partial charge in [0.05, 0.1) is 21.2 Å². The van der Waals surface area contributed by atoms with Gasteiger partial charge in [-0.05, 0) is 56.3 Å². The molecule has 0 bridgehead atoms. The molecule has 31 heavy (non-hydrogen) atoms. The van der Waals surface area contributed by atoms with Crippen molar-refractivity contribution in [3.63, 3.8) is 0 Å². The number of ether oxygens (including phenoxy) is 1. The van der Waals surface area contributed by atoms with Crippen molar-refractivity contribution in [2.24, 2.45) is 0 Å². The number of amides is 1. The molecular formula is C22H25N3O4S2. The van der Waals surface area contributed by atoms with E-state index in [9.17, 15) is 13.2 Å². The SMILES string of the molecule is CC(C)Oc1ccc(C(=O)N2CCN(c3nc4ccc(S(C)(=O)=O)cc4s3)CC2)cc1. The van der Waals surface area contributed by atoms with Gasteiger partial charge >= 0.3 is 0 Å². The topological polar surface area (TPSA) is 79.8 Å². The summed E-state index contributed by atoms with van der Waals surface area (Å²) in [6.07, 6.45) is 1.30. The number of fused-ring (bicyclic) bond motifs is 1. The molecule has 7 nitrogen and oxygen atoms in total. The third kappa shape index (κ3) is 4.83. The molecule has 0 atom stereocenters. The number of hydrogen-bond acceptors (Lipinski definition) is 7. The van der Waals surface area contributed by atoms with Crippen LogP contribution < -0.4 is 9.64 Å². The minimum atomic E-state index is -3.25. The molecule has 1 saturated heterocycles. The Labute approximate surface area is 186 Å². The van der Waals surface area contributed by atoms with Gasteiger partial charge in [-0.1, -0.05) is 11.3 Å². The van der Waals surface area contributed by atoms with Crippen molar-refractivity contribution in [2.45, 2.75) is 24.8 Å². The second kappa shape index (κ2) is 8.47. The zero-order valence-electron chi connectivity index (χ0n) is 17.7. The Morgan fingerprint density at radius 2 is 1.74 bits per heavy atom. The maximum absolute atomic E-state index is 12.8. The van der Waals surface area contributed by atoms with Crippen molar-refractivity contribution < 1.29 is 17.9 Å². The van der Waals surface area contributed by atoms with Crippen LogP contribution in [0.15, 0.2) is 47.4 Å². The Morgan fingerprint density at radius 3 is 2.35 bits per heavy atom. The number of carbonyl (C=O) groups excluding carboxylic acids is 1. The molecule has 1 aliphatic rings. The average Bonchev–Trinajstić information content (AvgIpc) is 3.16. The summed E-state index contributed by atoms with van der Waals surface area (Å²) in [5.41, 5.74) is 1.44. The standard InChI is InChI=1S/C22H25N3O4S2/c1-15(2)29-17-6-4-16(5-7-17)21(26)24-10-12-25(13-11-24)22-23-19-9-8-18(31(3,27)28)14-20(19)30-22/h4-9,14-15H,10-13H2,1-3H3. The van der Waals surface area contributed by atoms with Crippen molar-refractivity contribution in [2.75, 3.05) is 37.3 Å². The maximum Gasteiger partial charge on any atom is 0.253 e. The van der Waals surface area contributed by atoms with E-state index in [1.807, 2.05) is 30.9 Å². The highest BCUT2D eigenvalue weighted by molar-refractivity contribution is 7.90. The number of thiazole rings is 1. The minimum Gasteiger partial charge on any atom is -0.491 e. The molecule has 164 valence electrons. The van der Waals surface area contributed by atoms with Crippen LogP contribution in [0.25, 0.3) is 10.2 Å². The van der Waals surface area contributed by atoms with Crippen LogP contribution in [0, 0.1) is 0 Å². The normalized spacial score (nSPS) is 15.0. The largest absolute Gasteiger partial charge is 0.491 e. The zero-order chi connectivity index (χ0) is 22.2. The van der Waals surface area contributed by atoms with Crippen LogP contribution in [-0.4, -0.2) is 62.7 Å². The fraction of sp³-hybridized carbons (Fsp3) is 0.364. The summed E-state index contributed by atoms with van der Waals surface area (Å²) in [6, 6.07) is 12.3. The van der Waals surface area contributed by atoms with E-state index in [0.29, 0.717) is 36.6 Å². The summed E-state index contributed by atoms with van der Waals surface area (Å²) >= 11 is 1.48. The second-order valence-electron chi connectivity index (χ2n) is 7.87.